The Bertz CT molecular complexity index is 2450. The van der Waals surface area contributed by atoms with E-state index in [0.29, 0.717) is 12.4 Å². The van der Waals surface area contributed by atoms with Gasteiger partial charge in [-0.1, -0.05) is 72.8 Å². The number of halogens is 5. The fraction of sp³-hybridized carbons (Fsp3) is 0.174. The van der Waals surface area contributed by atoms with Crippen LogP contribution < -0.4 is 11.4 Å². The van der Waals surface area contributed by atoms with E-state index in [1.807, 2.05) is 48.5 Å². The molecule has 57 heavy (non-hydrogen) atoms. The third-order valence-electron chi connectivity index (χ3n) is 9.70. The Labute approximate surface area is 331 Å². The lowest BCUT2D eigenvalue weighted by atomic mass is 9.87. The maximum Gasteiger partial charge on any atom is 0.326 e. The molecule has 0 unspecified atom stereocenters. The Kier molecular flexibility index (Phi) is 14.0. The number of hydrogen-bond donors (Lipinski definition) is 3. The summed E-state index contributed by atoms with van der Waals surface area (Å²) in [5.41, 5.74) is 7.13. The number of nitrogens with one attached hydrogen (secondary N) is 3. The maximum atomic E-state index is 13.3. The van der Waals surface area contributed by atoms with Gasteiger partial charge < -0.3 is 15.0 Å². The minimum atomic E-state index is -0.285. The number of aryl methyl sites for hydroxylation is 1. The average molecular weight is 793 g/mol. The SMILES string of the molecule is Fc1ccc(C(CCCCl)c2ccc(F)cc2)cc1.O=c1[nH]c2ccccc2[nH]1.O=c1[nH]c2ccccc2n1CCCC(c1ccc(F)cc1)c1ccc(F)cc1. The van der Waals surface area contributed by atoms with Gasteiger partial charge in [0.25, 0.3) is 0 Å². The summed E-state index contributed by atoms with van der Waals surface area (Å²) in [5, 5.41) is 0. The fourth-order valence-electron chi connectivity index (χ4n) is 6.87. The highest BCUT2D eigenvalue weighted by Gasteiger charge is 2.16. The molecule has 0 aliphatic rings. The minimum absolute atomic E-state index is 0.00195. The van der Waals surface area contributed by atoms with Crippen molar-refractivity contribution in [2.24, 2.45) is 0 Å². The van der Waals surface area contributed by atoms with Crippen LogP contribution in [0.2, 0.25) is 0 Å². The van der Waals surface area contributed by atoms with Crippen LogP contribution >= 0.6 is 11.6 Å². The van der Waals surface area contributed by atoms with Gasteiger partial charge in [-0.2, -0.15) is 0 Å². The van der Waals surface area contributed by atoms with Crippen molar-refractivity contribution in [1.29, 1.82) is 0 Å². The van der Waals surface area contributed by atoms with Crippen LogP contribution in [0.5, 0.6) is 0 Å². The molecule has 2 aromatic heterocycles. The predicted molar refractivity (Wildman–Crippen MR) is 220 cm³/mol. The number of rotatable bonds is 11. The molecule has 0 spiro atoms. The Hall–Kier alpha value is -6.13. The molecule has 292 valence electrons. The second kappa shape index (κ2) is 19.6. The first-order valence-electron chi connectivity index (χ1n) is 18.6. The summed E-state index contributed by atoms with van der Waals surface area (Å²) in [7, 11) is 0. The second-order valence-electron chi connectivity index (χ2n) is 13.5. The molecule has 6 nitrogen and oxygen atoms in total. The van der Waals surface area contributed by atoms with Crippen molar-refractivity contribution in [3.8, 4) is 0 Å². The molecule has 11 heteroatoms. The van der Waals surface area contributed by atoms with Gasteiger partial charge in [0.2, 0.25) is 0 Å². The monoisotopic (exact) mass is 792 g/mol. The number of nitrogens with zero attached hydrogens (tertiary/aromatic N) is 1. The first-order valence-corrected chi connectivity index (χ1v) is 19.1. The van der Waals surface area contributed by atoms with E-state index in [0.717, 1.165) is 70.0 Å². The summed E-state index contributed by atoms with van der Waals surface area (Å²) < 4.78 is 54.4. The standard InChI is InChI=1S/C23H20F2N2O.C16H15ClF2.C7H6N2O/c24-18-11-7-16(8-12-18)20(17-9-13-19(25)14-10-17)4-3-15-27-22-6-2-1-5-21(22)26-23(27)28;17-11-1-2-16(12-3-7-14(18)8-4-12)13-5-9-15(19)10-6-13;10-7-8-5-3-1-2-4-6(5)9-7/h1-2,5-14,20H,3-4,15H2,(H,26,28);3-10,16H,1-2,11H2;1-4H,(H2,8,9,10). The van der Waals surface area contributed by atoms with Gasteiger partial charge >= 0.3 is 11.4 Å². The summed E-state index contributed by atoms with van der Waals surface area (Å²) >= 11 is 5.75. The molecule has 0 saturated carbocycles. The van der Waals surface area contributed by atoms with Gasteiger partial charge in [0.05, 0.1) is 22.1 Å². The molecule has 2 heterocycles. The van der Waals surface area contributed by atoms with Crippen LogP contribution in [0.1, 0.15) is 59.8 Å². The molecule has 0 aliphatic heterocycles. The van der Waals surface area contributed by atoms with E-state index >= 15 is 0 Å². The lowest BCUT2D eigenvalue weighted by molar-refractivity contribution is 0.572. The highest BCUT2D eigenvalue weighted by Crippen LogP contribution is 2.31. The van der Waals surface area contributed by atoms with Gasteiger partial charge in [-0.05, 0) is 121 Å². The number of hydrogen-bond acceptors (Lipinski definition) is 2. The molecular formula is C46H41ClF4N4O2. The number of aromatic nitrogens is 4. The van der Waals surface area contributed by atoms with Crippen molar-refractivity contribution in [1.82, 2.24) is 19.5 Å². The number of H-pyrrole nitrogens is 3. The van der Waals surface area contributed by atoms with Crippen molar-refractivity contribution < 1.29 is 17.6 Å². The molecular weight excluding hydrogens is 752 g/mol. The highest BCUT2D eigenvalue weighted by molar-refractivity contribution is 6.17. The van der Waals surface area contributed by atoms with Gasteiger partial charge in [-0.3, -0.25) is 4.57 Å². The molecule has 0 radical (unpaired) electrons. The molecule has 0 amide bonds. The third-order valence-corrected chi connectivity index (χ3v) is 9.96. The van der Waals surface area contributed by atoms with Crippen LogP contribution in [-0.4, -0.2) is 25.4 Å². The number of alkyl halides is 1. The highest BCUT2D eigenvalue weighted by atomic mass is 35.5. The Balaban J connectivity index is 0.000000162. The van der Waals surface area contributed by atoms with E-state index in [9.17, 15) is 27.2 Å². The minimum Gasteiger partial charge on any atom is -0.306 e. The van der Waals surface area contributed by atoms with Crippen molar-refractivity contribution in [2.75, 3.05) is 5.88 Å². The number of aromatic amines is 3. The van der Waals surface area contributed by atoms with E-state index < -0.39 is 0 Å². The molecule has 3 N–H and O–H groups in total. The van der Waals surface area contributed by atoms with Crippen molar-refractivity contribution in [3.63, 3.8) is 0 Å². The van der Waals surface area contributed by atoms with Crippen molar-refractivity contribution in [2.45, 2.75) is 44.1 Å². The zero-order valence-corrected chi connectivity index (χ0v) is 31.7. The van der Waals surface area contributed by atoms with Gasteiger partial charge in [0, 0.05) is 24.3 Å². The summed E-state index contributed by atoms with van der Waals surface area (Å²) in [6.45, 7) is 0.571. The number of fused-ring (bicyclic) bond motifs is 2. The lowest BCUT2D eigenvalue weighted by Crippen LogP contribution is -2.17. The van der Waals surface area contributed by atoms with E-state index in [1.54, 1.807) is 53.1 Å². The first kappa shape index (κ1) is 40.5. The van der Waals surface area contributed by atoms with Crippen LogP contribution in [0.4, 0.5) is 17.6 Å². The Morgan fingerprint density at radius 2 is 0.842 bits per heavy atom. The van der Waals surface area contributed by atoms with E-state index in [4.69, 9.17) is 11.6 Å². The Morgan fingerprint density at radius 1 is 0.474 bits per heavy atom. The Morgan fingerprint density at radius 3 is 1.25 bits per heavy atom. The zero-order valence-electron chi connectivity index (χ0n) is 30.9. The summed E-state index contributed by atoms with van der Waals surface area (Å²) in [5.74, 6) is -0.363. The molecule has 0 saturated heterocycles. The van der Waals surface area contributed by atoms with Crippen LogP contribution in [0, 0.1) is 23.3 Å². The molecule has 0 bridgehead atoms. The van der Waals surface area contributed by atoms with Crippen molar-refractivity contribution >= 4 is 33.7 Å². The zero-order chi connectivity index (χ0) is 40.1. The average Bonchev–Trinajstić information content (AvgIpc) is 3.77. The van der Waals surface area contributed by atoms with Crippen LogP contribution in [0.3, 0.4) is 0 Å². The van der Waals surface area contributed by atoms with Gasteiger partial charge in [-0.15, -0.1) is 11.6 Å². The molecule has 8 aromatic rings. The molecule has 0 fully saturated rings. The van der Waals surface area contributed by atoms with Crippen molar-refractivity contribution in [3.05, 3.63) is 212 Å². The van der Waals surface area contributed by atoms with Gasteiger partial charge in [0.1, 0.15) is 23.3 Å². The van der Waals surface area contributed by atoms with Crippen LogP contribution in [-0.2, 0) is 6.54 Å². The molecule has 8 rings (SSSR count). The van der Waals surface area contributed by atoms with Gasteiger partial charge in [-0.25, -0.2) is 27.2 Å². The van der Waals surface area contributed by atoms with Gasteiger partial charge in [0.15, 0.2) is 0 Å². The van der Waals surface area contributed by atoms with E-state index in [1.165, 1.54) is 48.5 Å². The van der Waals surface area contributed by atoms with E-state index in [2.05, 4.69) is 15.0 Å². The van der Waals surface area contributed by atoms with Crippen LogP contribution in [0.15, 0.2) is 155 Å². The number of imidazole rings is 2. The first-order chi connectivity index (χ1) is 27.7. The fourth-order valence-corrected chi connectivity index (χ4v) is 7.03. The number of para-hydroxylation sites is 4. The quantitative estimate of drug-likeness (QED) is 0.0900. The van der Waals surface area contributed by atoms with E-state index in [-0.39, 0.29) is 46.5 Å². The summed E-state index contributed by atoms with van der Waals surface area (Å²) in [4.78, 5) is 31.1. The molecule has 0 aliphatic carbocycles. The molecule has 6 aromatic carbocycles. The summed E-state index contributed by atoms with van der Waals surface area (Å²) in [6.07, 6.45) is 3.23. The topological polar surface area (TPSA) is 86.4 Å². The smallest absolute Gasteiger partial charge is 0.306 e. The largest absolute Gasteiger partial charge is 0.326 e. The lowest BCUT2D eigenvalue weighted by Gasteiger charge is -2.18. The maximum absolute atomic E-state index is 13.3. The normalized spacial score (nSPS) is 11.1. The summed E-state index contributed by atoms with van der Waals surface area (Å²) in [6, 6.07) is 40.8. The van der Waals surface area contributed by atoms with Crippen LogP contribution in [0.25, 0.3) is 22.1 Å². The number of benzene rings is 6. The second-order valence-corrected chi connectivity index (χ2v) is 13.9. The predicted octanol–water partition coefficient (Wildman–Crippen LogP) is 11.2. The third kappa shape index (κ3) is 11.0. The molecule has 0 atom stereocenters.